The Balaban J connectivity index is 2.21. The molecule has 0 aliphatic heterocycles. The molecular weight excluding hydrogens is 426 g/mol. The van der Waals surface area contributed by atoms with E-state index < -0.39 is 65.0 Å². The molecule has 1 N–H and O–H groups in total. The summed E-state index contributed by atoms with van der Waals surface area (Å²) in [7, 11) is 0. The fourth-order valence-electron chi connectivity index (χ4n) is 5.43. The molecule has 0 radical (unpaired) electrons. The van der Waals surface area contributed by atoms with Gasteiger partial charge < -0.3 is 9.84 Å². The highest BCUT2D eigenvalue weighted by Gasteiger charge is 2.76. The first-order chi connectivity index (χ1) is 13.5. The number of carbonyl (C=O) groups excluding carboxylic acids is 1. The molecule has 5 unspecified atom stereocenters. The molecule has 5 atom stereocenters. The van der Waals surface area contributed by atoms with E-state index in [0.717, 1.165) is 0 Å². The van der Waals surface area contributed by atoms with E-state index in [1.165, 1.54) is 0 Å². The van der Waals surface area contributed by atoms with Crippen LogP contribution in [-0.4, -0.2) is 35.1 Å². The van der Waals surface area contributed by atoms with Gasteiger partial charge in [0.25, 0.3) is 5.60 Å². The van der Waals surface area contributed by atoms with E-state index in [4.69, 9.17) is 4.74 Å². The average molecular weight is 460 g/mol. The summed E-state index contributed by atoms with van der Waals surface area (Å²) in [5.74, 6) is -4.12. The Kier molecular flexibility index (Phi) is 6.37. The van der Waals surface area contributed by atoms with Gasteiger partial charge in [-0.15, -0.1) is 0 Å². The Hall–Kier alpha value is -0.990. The Labute approximate surface area is 179 Å². The van der Waals surface area contributed by atoms with Crippen molar-refractivity contribution >= 4 is 5.97 Å². The van der Waals surface area contributed by atoms with Gasteiger partial charge in [-0.25, -0.2) is 0 Å². The molecule has 0 heterocycles. The molecule has 9 heteroatoms. The highest BCUT2D eigenvalue weighted by Crippen LogP contribution is 2.60. The molecule has 0 spiro atoms. The monoisotopic (exact) mass is 460 g/mol. The second-order valence-corrected chi connectivity index (χ2v) is 11.9. The van der Waals surface area contributed by atoms with E-state index >= 15 is 0 Å². The van der Waals surface area contributed by atoms with Crippen LogP contribution in [0, 0.1) is 34.0 Å². The van der Waals surface area contributed by atoms with E-state index in [-0.39, 0.29) is 18.3 Å². The lowest BCUT2D eigenvalue weighted by Crippen LogP contribution is -2.63. The third kappa shape index (κ3) is 4.58. The lowest BCUT2D eigenvalue weighted by atomic mass is 9.61. The molecule has 0 aromatic carbocycles. The molecule has 2 fully saturated rings. The van der Waals surface area contributed by atoms with Gasteiger partial charge in [-0.2, -0.15) is 26.3 Å². The van der Waals surface area contributed by atoms with Crippen molar-refractivity contribution in [2.45, 2.75) is 98.2 Å². The molecule has 2 bridgehead atoms. The molecular formula is C22H34F6O3. The van der Waals surface area contributed by atoms with Crippen molar-refractivity contribution in [1.29, 1.82) is 0 Å². The maximum absolute atomic E-state index is 13.3. The van der Waals surface area contributed by atoms with Crippen molar-refractivity contribution in [1.82, 2.24) is 0 Å². The van der Waals surface area contributed by atoms with Gasteiger partial charge in [0.05, 0.1) is 5.41 Å². The number of hydrogen-bond acceptors (Lipinski definition) is 3. The number of alkyl halides is 6. The SMILES string of the molecule is CC(C)(C)CC(C)(C(=O)OC1CC2CC1CC2C(O)(C(F)(F)F)C(F)(F)F)C(C)(C)C. The van der Waals surface area contributed by atoms with Crippen LogP contribution < -0.4 is 0 Å². The third-order valence-corrected chi connectivity index (χ3v) is 7.44. The highest BCUT2D eigenvalue weighted by molar-refractivity contribution is 5.77. The molecule has 0 saturated heterocycles. The summed E-state index contributed by atoms with van der Waals surface area (Å²) in [5, 5.41) is 9.78. The Morgan fingerprint density at radius 1 is 0.839 bits per heavy atom. The molecule has 31 heavy (non-hydrogen) atoms. The summed E-state index contributed by atoms with van der Waals surface area (Å²) in [4.78, 5) is 13.2. The summed E-state index contributed by atoms with van der Waals surface area (Å²) in [5.41, 5.74) is -6.30. The number of fused-ring (bicyclic) bond motifs is 2. The minimum Gasteiger partial charge on any atom is -0.462 e. The van der Waals surface area contributed by atoms with Crippen LogP contribution in [0.4, 0.5) is 26.3 Å². The van der Waals surface area contributed by atoms with Gasteiger partial charge in [0.1, 0.15) is 6.10 Å². The normalized spacial score (nSPS) is 29.7. The Morgan fingerprint density at radius 3 is 1.65 bits per heavy atom. The van der Waals surface area contributed by atoms with Gasteiger partial charge in [0.15, 0.2) is 0 Å². The largest absolute Gasteiger partial charge is 0.462 e. The van der Waals surface area contributed by atoms with Gasteiger partial charge in [-0.05, 0) is 55.3 Å². The highest BCUT2D eigenvalue weighted by atomic mass is 19.4. The number of hydrogen-bond donors (Lipinski definition) is 1. The van der Waals surface area contributed by atoms with Gasteiger partial charge in [0, 0.05) is 5.92 Å². The average Bonchev–Trinajstić information content (AvgIpc) is 3.08. The van der Waals surface area contributed by atoms with Crippen molar-refractivity contribution in [2.75, 3.05) is 0 Å². The van der Waals surface area contributed by atoms with Crippen LogP contribution in [0.3, 0.4) is 0 Å². The Morgan fingerprint density at radius 2 is 1.32 bits per heavy atom. The zero-order valence-corrected chi connectivity index (χ0v) is 19.2. The van der Waals surface area contributed by atoms with Crippen molar-refractivity contribution in [3.8, 4) is 0 Å². The van der Waals surface area contributed by atoms with Crippen molar-refractivity contribution in [3.63, 3.8) is 0 Å². The molecule has 0 amide bonds. The van der Waals surface area contributed by atoms with Crippen molar-refractivity contribution in [3.05, 3.63) is 0 Å². The molecule has 0 aromatic heterocycles. The lowest BCUT2D eigenvalue weighted by Gasteiger charge is -2.45. The minimum absolute atomic E-state index is 0.0720. The summed E-state index contributed by atoms with van der Waals surface area (Å²) < 4.78 is 85.4. The maximum atomic E-state index is 13.3. The molecule has 0 aromatic rings. The first-order valence-corrected chi connectivity index (χ1v) is 10.6. The van der Waals surface area contributed by atoms with Crippen LogP contribution in [0.5, 0.6) is 0 Å². The number of esters is 1. The summed E-state index contributed by atoms with van der Waals surface area (Å²) in [6, 6.07) is 0. The fraction of sp³-hybridized carbons (Fsp3) is 0.955. The zero-order valence-electron chi connectivity index (χ0n) is 19.2. The number of ether oxygens (including phenoxy) is 1. The van der Waals surface area contributed by atoms with E-state index in [9.17, 15) is 36.2 Å². The number of halogens is 6. The summed E-state index contributed by atoms with van der Waals surface area (Å²) in [6.07, 6.45) is -12.4. The standard InChI is InChI=1S/C22H34F6O3/c1-17(2,3)11-19(7,18(4,5)6)16(29)31-15-10-12-8-13(15)9-14(12)20(30,21(23,24)25)22(26,27)28/h12-15,30H,8-11H2,1-7H3. The molecule has 2 aliphatic carbocycles. The van der Waals surface area contributed by atoms with Gasteiger partial charge in [0.2, 0.25) is 0 Å². The first-order valence-electron chi connectivity index (χ1n) is 10.6. The van der Waals surface area contributed by atoms with E-state index in [2.05, 4.69) is 0 Å². The van der Waals surface area contributed by atoms with Crippen LogP contribution >= 0.6 is 0 Å². The number of carbonyl (C=O) groups is 1. The number of rotatable bonds is 4. The van der Waals surface area contributed by atoms with Gasteiger partial charge in [-0.3, -0.25) is 4.79 Å². The van der Waals surface area contributed by atoms with Crippen molar-refractivity contribution < 1.29 is 41.0 Å². The van der Waals surface area contributed by atoms with Crippen LogP contribution in [-0.2, 0) is 9.53 Å². The van der Waals surface area contributed by atoms with Crippen LogP contribution in [0.1, 0.15) is 74.1 Å². The van der Waals surface area contributed by atoms with Crippen LogP contribution in [0.15, 0.2) is 0 Å². The first kappa shape index (κ1) is 26.3. The second-order valence-electron chi connectivity index (χ2n) is 11.9. The quantitative estimate of drug-likeness (QED) is 0.396. The molecule has 2 aliphatic rings. The topological polar surface area (TPSA) is 46.5 Å². The predicted molar refractivity (Wildman–Crippen MR) is 103 cm³/mol. The summed E-state index contributed by atoms with van der Waals surface area (Å²) in [6.45, 7) is 13.5. The van der Waals surface area contributed by atoms with E-state index in [0.29, 0.717) is 6.42 Å². The molecule has 2 rings (SSSR count). The van der Waals surface area contributed by atoms with Gasteiger partial charge >= 0.3 is 18.3 Å². The smallest absolute Gasteiger partial charge is 0.426 e. The van der Waals surface area contributed by atoms with Crippen LogP contribution in [0.2, 0.25) is 0 Å². The second kappa shape index (κ2) is 7.52. The third-order valence-electron chi connectivity index (χ3n) is 7.44. The fourth-order valence-corrected chi connectivity index (χ4v) is 5.43. The number of aliphatic hydroxyl groups is 1. The predicted octanol–water partition coefficient (Wildman–Crippen LogP) is 6.29. The molecule has 182 valence electrons. The zero-order chi connectivity index (χ0) is 24.4. The van der Waals surface area contributed by atoms with Crippen LogP contribution in [0.25, 0.3) is 0 Å². The minimum atomic E-state index is -5.83. The van der Waals surface area contributed by atoms with E-state index in [1.54, 1.807) is 6.92 Å². The Bertz CT molecular complexity index is 671. The molecule has 3 nitrogen and oxygen atoms in total. The van der Waals surface area contributed by atoms with E-state index in [1.807, 2.05) is 41.5 Å². The maximum Gasteiger partial charge on any atom is 0.426 e. The molecule has 2 saturated carbocycles. The van der Waals surface area contributed by atoms with Gasteiger partial charge in [-0.1, -0.05) is 41.5 Å². The summed E-state index contributed by atoms with van der Waals surface area (Å²) >= 11 is 0. The van der Waals surface area contributed by atoms with Crippen molar-refractivity contribution in [2.24, 2.45) is 34.0 Å². The lowest BCUT2D eigenvalue weighted by molar-refractivity contribution is -0.389.